The van der Waals surface area contributed by atoms with E-state index in [1.165, 1.54) is 12.8 Å². The van der Waals surface area contributed by atoms with Crippen LogP contribution in [0.1, 0.15) is 47.2 Å². The summed E-state index contributed by atoms with van der Waals surface area (Å²) in [6, 6.07) is 0.499. The lowest BCUT2D eigenvalue weighted by Gasteiger charge is -2.21. The van der Waals surface area contributed by atoms with Gasteiger partial charge in [0.1, 0.15) is 5.69 Å². The van der Waals surface area contributed by atoms with E-state index in [2.05, 4.69) is 20.6 Å². The minimum absolute atomic E-state index is 0.161. The van der Waals surface area contributed by atoms with Crippen LogP contribution >= 0.6 is 11.3 Å². The lowest BCUT2D eigenvalue weighted by molar-refractivity contribution is 0.102. The van der Waals surface area contributed by atoms with E-state index in [-0.39, 0.29) is 5.91 Å². The number of hydrogen-bond acceptors (Lipinski definition) is 5. The Hall–Kier alpha value is -1.73. The van der Waals surface area contributed by atoms with E-state index in [0.29, 0.717) is 23.6 Å². The molecule has 2 aromatic rings. The Morgan fingerprint density at radius 2 is 2.17 bits per heavy atom. The van der Waals surface area contributed by atoms with Crippen LogP contribution in [0.4, 0.5) is 5.95 Å². The second-order valence-electron chi connectivity index (χ2n) is 6.37. The molecule has 0 unspecified atom stereocenters. The third kappa shape index (κ3) is 3.45. The van der Waals surface area contributed by atoms with Gasteiger partial charge in [0.2, 0.25) is 5.95 Å². The van der Waals surface area contributed by atoms with Crippen LogP contribution in [0.5, 0.6) is 0 Å². The fourth-order valence-electron chi connectivity index (χ4n) is 3.06. The number of carbonyl (C=O) groups excluding carboxylic acids is 1. The second-order valence-corrected chi connectivity index (χ2v) is 7.31. The van der Waals surface area contributed by atoms with Gasteiger partial charge in [-0.3, -0.25) is 10.1 Å². The van der Waals surface area contributed by atoms with Crippen LogP contribution in [0.3, 0.4) is 0 Å². The highest BCUT2D eigenvalue weighted by molar-refractivity contribution is 7.09. The molecular weight excluding hydrogens is 310 g/mol. The number of piperidine rings is 1. The number of nitrogens with one attached hydrogen (secondary N) is 2. The number of amides is 1. The van der Waals surface area contributed by atoms with E-state index in [0.717, 1.165) is 37.4 Å². The van der Waals surface area contributed by atoms with E-state index in [1.54, 1.807) is 17.5 Å². The van der Waals surface area contributed by atoms with Crippen LogP contribution in [-0.4, -0.2) is 33.5 Å². The first kappa shape index (κ1) is 14.8. The summed E-state index contributed by atoms with van der Waals surface area (Å²) in [4.78, 5) is 21.1. The maximum atomic E-state index is 12.4. The molecule has 1 aliphatic heterocycles. The van der Waals surface area contributed by atoms with Gasteiger partial charge >= 0.3 is 0 Å². The van der Waals surface area contributed by atoms with Crippen molar-refractivity contribution < 1.29 is 4.79 Å². The predicted molar refractivity (Wildman–Crippen MR) is 89.9 cm³/mol. The first-order chi connectivity index (χ1) is 11.3. The first-order valence-electron chi connectivity index (χ1n) is 8.29. The van der Waals surface area contributed by atoms with E-state index in [4.69, 9.17) is 0 Å². The highest BCUT2D eigenvalue weighted by atomic mass is 32.1. The number of nitrogens with zero attached hydrogens (tertiary/aromatic N) is 3. The van der Waals surface area contributed by atoms with Crippen LogP contribution in [0, 0.1) is 5.92 Å². The molecule has 2 aliphatic rings. The van der Waals surface area contributed by atoms with Gasteiger partial charge in [0.25, 0.3) is 5.91 Å². The van der Waals surface area contributed by atoms with Crippen molar-refractivity contribution in [2.75, 3.05) is 18.4 Å². The lowest BCUT2D eigenvalue weighted by atomic mass is 9.95. The van der Waals surface area contributed by atoms with Gasteiger partial charge in [-0.15, -0.1) is 11.3 Å². The molecule has 122 valence electrons. The minimum Gasteiger partial charge on any atom is -0.317 e. The topological polar surface area (TPSA) is 71.8 Å². The third-order valence-electron chi connectivity index (χ3n) is 4.54. The largest absolute Gasteiger partial charge is 0.317 e. The summed E-state index contributed by atoms with van der Waals surface area (Å²) in [6.45, 7) is 2.18. The van der Waals surface area contributed by atoms with Crippen molar-refractivity contribution in [3.63, 3.8) is 0 Å². The van der Waals surface area contributed by atoms with Gasteiger partial charge in [0.05, 0.1) is 5.01 Å². The van der Waals surface area contributed by atoms with Crippen molar-refractivity contribution >= 4 is 23.2 Å². The van der Waals surface area contributed by atoms with Gasteiger partial charge in [0.15, 0.2) is 0 Å². The average Bonchev–Trinajstić information content (AvgIpc) is 3.12. The van der Waals surface area contributed by atoms with E-state index < -0.39 is 0 Å². The van der Waals surface area contributed by atoms with Crippen LogP contribution < -0.4 is 10.6 Å². The molecule has 1 amide bonds. The molecule has 2 N–H and O–H groups in total. The van der Waals surface area contributed by atoms with Gasteiger partial charge in [-0.2, -0.15) is 0 Å². The first-order valence-corrected chi connectivity index (χ1v) is 9.17. The molecule has 2 aromatic heterocycles. The zero-order chi connectivity index (χ0) is 15.6. The van der Waals surface area contributed by atoms with Crippen LogP contribution in [0.15, 0.2) is 17.8 Å². The van der Waals surface area contributed by atoms with Gasteiger partial charge in [-0.05, 0) is 44.7 Å². The number of hydrogen-bond donors (Lipinski definition) is 2. The molecule has 2 fully saturated rings. The van der Waals surface area contributed by atoms with E-state index in [9.17, 15) is 4.79 Å². The molecule has 7 heteroatoms. The highest BCUT2D eigenvalue weighted by Crippen LogP contribution is 2.36. The summed E-state index contributed by atoms with van der Waals surface area (Å²) in [5.74, 6) is 1.16. The Labute approximate surface area is 139 Å². The van der Waals surface area contributed by atoms with Crippen molar-refractivity contribution in [3.8, 4) is 0 Å². The Morgan fingerprint density at radius 1 is 1.35 bits per heavy atom. The molecule has 6 nitrogen and oxygen atoms in total. The van der Waals surface area contributed by atoms with Gasteiger partial charge in [-0.25, -0.2) is 9.97 Å². The summed E-state index contributed by atoms with van der Waals surface area (Å²) in [7, 11) is 0. The van der Waals surface area contributed by atoms with Crippen LogP contribution in [-0.2, 0) is 6.42 Å². The molecule has 3 heterocycles. The molecular formula is C16H21N5OS. The summed E-state index contributed by atoms with van der Waals surface area (Å²) >= 11 is 1.59. The molecule has 0 aromatic carbocycles. The normalized spacial score (nSPS) is 19.0. The predicted octanol–water partition coefficient (Wildman–Crippen LogP) is 2.47. The quantitative estimate of drug-likeness (QED) is 0.883. The van der Waals surface area contributed by atoms with Crippen LogP contribution in [0.2, 0.25) is 0 Å². The van der Waals surface area contributed by atoms with Crippen molar-refractivity contribution in [3.05, 3.63) is 28.5 Å². The summed E-state index contributed by atoms with van der Waals surface area (Å²) in [5.41, 5.74) is 0.504. The van der Waals surface area contributed by atoms with Crippen molar-refractivity contribution in [1.82, 2.24) is 19.9 Å². The third-order valence-corrected chi connectivity index (χ3v) is 5.41. The molecule has 0 spiro atoms. The number of imidazole rings is 1. The Bertz CT molecular complexity index is 684. The highest BCUT2D eigenvalue weighted by Gasteiger charge is 2.26. The lowest BCUT2D eigenvalue weighted by Crippen LogP contribution is -2.28. The molecule has 4 rings (SSSR count). The Kier molecular flexibility index (Phi) is 4.13. The van der Waals surface area contributed by atoms with Crippen LogP contribution in [0.25, 0.3) is 0 Å². The maximum absolute atomic E-state index is 12.4. The molecule has 1 aliphatic carbocycles. The standard InChI is InChI=1S/C16H21N5OS/c22-15(20-16-18-7-8-21(16)12-1-2-12)13-10-23-14(19-13)9-11-3-5-17-6-4-11/h7-8,10-12,17H,1-6,9H2,(H,18,20,22). The SMILES string of the molecule is O=C(Nc1nccn1C1CC1)c1csc(CC2CCNCC2)n1. The zero-order valence-corrected chi connectivity index (χ0v) is 13.8. The second kappa shape index (κ2) is 6.41. The smallest absolute Gasteiger partial charge is 0.277 e. The Morgan fingerprint density at radius 3 is 2.96 bits per heavy atom. The van der Waals surface area contributed by atoms with Gasteiger partial charge < -0.3 is 9.88 Å². The van der Waals surface area contributed by atoms with Crippen molar-refractivity contribution in [2.24, 2.45) is 5.92 Å². The maximum Gasteiger partial charge on any atom is 0.277 e. The number of anilines is 1. The molecule has 1 saturated heterocycles. The van der Waals surface area contributed by atoms with Gasteiger partial charge in [0, 0.05) is 30.2 Å². The minimum atomic E-state index is -0.161. The monoisotopic (exact) mass is 331 g/mol. The summed E-state index contributed by atoms with van der Waals surface area (Å²) in [6.07, 6.45) is 9.36. The van der Waals surface area contributed by atoms with E-state index >= 15 is 0 Å². The zero-order valence-electron chi connectivity index (χ0n) is 13.0. The number of rotatable bonds is 5. The molecule has 0 bridgehead atoms. The molecule has 1 saturated carbocycles. The fraction of sp³-hybridized carbons (Fsp3) is 0.562. The summed E-state index contributed by atoms with van der Waals surface area (Å²) < 4.78 is 2.04. The molecule has 0 atom stereocenters. The Balaban J connectivity index is 1.39. The summed E-state index contributed by atoms with van der Waals surface area (Å²) in [5, 5.41) is 9.19. The fourth-order valence-corrected chi connectivity index (χ4v) is 3.95. The number of aromatic nitrogens is 3. The molecule has 0 radical (unpaired) electrons. The molecule has 23 heavy (non-hydrogen) atoms. The van der Waals surface area contributed by atoms with Crippen molar-refractivity contribution in [2.45, 2.75) is 38.1 Å². The van der Waals surface area contributed by atoms with Gasteiger partial charge in [-0.1, -0.05) is 0 Å². The number of carbonyl (C=O) groups is 1. The van der Waals surface area contributed by atoms with Crippen molar-refractivity contribution in [1.29, 1.82) is 0 Å². The number of thiazole rings is 1. The van der Waals surface area contributed by atoms with E-state index in [1.807, 2.05) is 16.1 Å². The average molecular weight is 331 g/mol.